The molecule has 2 N–H and O–H groups in total. The third kappa shape index (κ3) is 2.29. The predicted octanol–water partition coefficient (Wildman–Crippen LogP) is 3.81. The summed E-state index contributed by atoms with van der Waals surface area (Å²) in [5.74, 6) is 0.541. The highest BCUT2D eigenvalue weighted by Crippen LogP contribution is 2.39. The summed E-state index contributed by atoms with van der Waals surface area (Å²) in [6.07, 6.45) is -0.0351. The molecule has 0 saturated heterocycles. The molecule has 1 aliphatic heterocycles. The lowest BCUT2D eigenvalue weighted by atomic mass is 10.00. The van der Waals surface area contributed by atoms with Crippen molar-refractivity contribution in [3.63, 3.8) is 0 Å². The first-order chi connectivity index (χ1) is 11.5. The largest absolute Gasteiger partial charge is 0.481 e. The van der Waals surface area contributed by atoms with Gasteiger partial charge < -0.3 is 19.6 Å². The van der Waals surface area contributed by atoms with Gasteiger partial charge in [0, 0.05) is 16.5 Å². The maximum absolute atomic E-state index is 11.4. The van der Waals surface area contributed by atoms with Crippen molar-refractivity contribution in [3.05, 3.63) is 47.0 Å². The third-order valence-electron chi connectivity index (χ3n) is 4.35. The van der Waals surface area contributed by atoms with Crippen LogP contribution in [0.1, 0.15) is 16.7 Å². The number of nitrogens with one attached hydrogen (secondary N) is 1. The number of ether oxygens (including phenoxy) is 2. The Morgan fingerprint density at radius 2 is 1.96 bits per heavy atom. The van der Waals surface area contributed by atoms with Gasteiger partial charge in [0.2, 0.25) is 6.79 Å². The Morgan fingerprint density at radius 3 is 2.75 bits per heavy atom. The highest BCUT2D eigenvalue weighted by Gasteiger charge is 2.20. The van der Waals surface area contributed by atoms with Gasteiger partial charge in [0.15, 0.2) is 11.5 Å². The molecule has 0 amide bonds. The number of carbonyl (C=O) groups is 1. The van der Waals surface area contributed by atoms with Crippen LogP contribution in [0.25, 0.3) is 22.2 Å². The maximum Gasteiger partial charge on any atom is 0.307 e. The van der Waals surface area contributed by atoms with Gasteiger partial charge in [-0.1, -0.05) is 11.6 Å². The van der Waals surface area contributed by atoms with Crippen molar-refractivity contribution < 1.29 is 19.4 Å². The second-order valence-corrected chi connectivity index (χ2v) is 6.12. The fourth-order valence-electron chi connectivity index (χ4n) is 3.34. The normalized spacial score (nSPS) is 12.8. The second kappa shape index (κ2) is 5.30. The van der Waals surface area contributed by atoms with Gasteiger partial charge >= 0.3 is 5.97 Å². The summed E-state index contributed by atoms with van der Waals surface area (Å²) >= 11 is 0. The van der Waals surface area contributed by atoms with E-state index in [-0.39, 0.29) is 13.2 Å². The number of rotatable bonds is 3. The average molecular weight is 323 g/mol. The number of hydrogen-bond acceptors (Lipinski definition) is 3. The fraction of sp³-hybridized carbons (Fsp3) is 0.211. The monoisotopic (exact) mass is 323 g/mol. The van der Waals surface area contributed by atoms with Gasteiger partial charge in [0.05, 0.1) is 12.1 Å². The number of hydrogen-bond donors (Lipinski definition) is 2. The summed E-state index contributed by atoms with van der Waals surface area (Å²) in [6, 6.07) is 9.79. The number of aromatic amines is 1. The molecule has 0 atom stereocenters. The van der Waals surface area contributed by atoms with E-state index in [1.54, 1.807) is 0 Å². The van der Waals surface area contributed by atoms with Crippen molar-refractivity contribution in [3.8, 4) is 22.8 Å². The Hall–Kier alpha value is -2.95. The molecule has 5 nitrogen and oxygen atoms in total. The Bertz CT molecular complexity index is 971. The molecule has 1 aliphatic rings. The molecule has 0 radical (unpaired) electrons. The van der Waals surface area contributed by atoms with Crippen LogP contribution in [0.15, 0.2) is 30.3 Å². The van der Waals surface area contributed by atoms with E-state index in [1.807, 2.05) is 38.1 Å². The van der Waals surface area contributed by atoms with E-state index in [0.717, 1.165) is 38.9 Å². The van der Waals surface area contributed by atoms with Gasteiger partial charge in [0.25, 0.3) is 0 Å². The van der Waals surface area contributed by atoms with Crippen LogP contribution in [0.2, 0.25) is 0 Å². The summed E-state index contributed by atoms with van der Waals surface area (Å²) in [4.78, 5) is 14.8. The quantitative estimate of drug-likeness (QED) is 0.769. The van der Waals surface area contributed by atoms with Crippen molar-refractivity contribution in [2.75, 3.05) is 6.79 Å². The number of aromatic nitrogens is 1. The fourth-order valence-corrected chi connectivity index (χ4v) is 3.34. The lowest BCUT2D eigenvalue weighted by molar-refractivity contribution is -0.136. The van der Waals surface area contributed by atoms with Gasteiger partial charge in [-0.2, -0.15) is 0 Å². The summed E-state index contributed by atoms with van der Waals surface area (Å²) in [5, 5.41) is 10.3. The molecule has 0 saturated carbocycles. The number of aryl methyl sites for hydroxylation is 2. The zero-order chi connectivity index (χ0) is 16.8. The van der Waals surface area contributed by atoms with Crippen molar-refractivity contribution in [2.24, 2.45) is 0 Å². The summed E-state index contributed by atoms with van der Waals surface area (Å²) in [5.41, 5.74) is 5.70. The van der Waals surface area contributed by atoms with Crippen LogP contribution in [0.4, 0.5) is 0 Å². The van der Waals surface area contributed by atoms with Crippen molar-refractivity contribution in [1.29, 1.82) is 0 Å². The second-order valence-electron chi connectivity index (χ2n) is 6.12. The SMILES string of the molecule is Cc1cc(C)c2[nH]c(-c3ccc4c(c3)OCO4)c(CC(=O)O)c2c1. The third-order valence-corrected chi connectivity index (χ3v) is 4.35. The van der Waals surface area contributed by atoms with Crippen LogP contribution in [0.5, 0.6) is 11.5 Å². The minimum Gasteiger partial charge on any atom is -0.481 e. The van der Waals surface area contributed by atoms with Crippen molar-refractivity contribution >= 4 is 16.9 Å². The Morgan fingerprint density at radius 1 is 1.17 bits per heavy atom. The Labute approximate surface area is 138 Å². The number of H-pyrrole nitrogens is 1. The standard InChI is InChI=1S/C19H17NO4/c1-10-5-11(2)18-13(6-10)14(8-17(21)22)19(20-18)12-3-4-15-16(7-12)24-9-23-15/h3-7,20H,8-9H2,1-2H3,(H,21,22). The molecular formula is C19H17NO4. The highest BCUT2D eigenvalue weighted by atomic mass is 16.7. The number of aliphatic carboxylic acids is 1. The zero-order valence-electron chi connectivity index (χ0n) is 13.5. The first-order valence-electron chi connectivity index (χ1n) is 7.76. The molecule has 0 aliphatic carbocycles. The van der Waals surface area contributed by atoms with E-state index in [0.29, 0.717) is 11.5 Å². The lowest BCUT2D eigenvalue weighted by Crippen LogP contribution is -2.01. The van der Waals surface area contributed by atoms with E-state index in [9.17, 15) is 9.90 Å². The molecule has 0 unspecified atom stereocenters. The average Bonchev–Trinajstić information content (AvgIpc) is 3.11. The van der Waals surface area contributed by atoms with Crippen molar-refractivity contribution in [2.45, 2.75) is 20.3 Å². The number of carboxylic acids is 1. The molecule has 0 fully saturated rings. The van der Waals surface area contributed by atoms with Crippen LogP contribution in [-0.2, 0) is 11.2 Å². The van der Waals surface area contributed by atoms with Crippen LogP contribution in [0, 0.1) is 13.8 Å². The van der Waals surface area contributed by atoms with Crippen LogP contribution in [-0.4, -0.2) is 22.9 Å². The minimum absolute atomic E-state index is 0.0351. The highest BCUT2D eigenvalue weighted by molar-refractivity contribution is 5.96. The zero-order valence-corrected chi connectivity index (χ0v) is 13.5. The maximum atomic E-state index is 11.4. The minimum atomic E-state index is -0.850. The molecule has 0 bridgehead atoms. The van der Waals surface area contributed by atoms with Gasteiger partial charge in [-0.25, -0.2) is 0 Å². The summed E-state index contributed by atoms with van der Waals surface area (Å²) < 4.78 is 10.8. The first kappa shape index (κ1) is 14.6. The lowest BCUT2D eigenvalue weighted by Gasteiger charge is -2.05. The van der Waals surface area contributed by atoms with Gasteiger partial charge in [-0.3, -0.25) is 4.79 Å². The van der Waals surface area contributed by atoms with Gasteiger partial charge in [0.1, 0.15) is 0 Å². The van der Waals surface area contributed by atoms with Crippen LogP contribution in [0.3, 0.4) is 0 Å². The molecule has 3 aromatic rings. The molecule has 2 heterocycles. The molecular weight excluding hydrogens is 306 g/mol. The van der Waals surface area contributed by atoms with E-state index < -0.39 is 5.97 Å². The molecule has 1 aromatic heterocycles. The molecule has 2 aromatic carbocycles. The molecule has 24 heavy (non-hydrogen) atoms. The van der Waals surface area contributed by atoms with Gasteiger partial charge in [-0.15, -0.1) is 0 Å². The van der Waals surface area contributed by atoms with Crippen LogP contribution < -0.4 is 9.47 Å². The molecule has 5 heteroatoms. The van der Waals surface area contributed by atoms with Crippen molar-refractivity contribution in [1.82, 2.24) is 4.98 Å². The molecule has 4 rings (SSSR count). The van der Waals surface area contributed by atoms with Crippen LogP contribution >= 0.6 is 0 Å². The molecule has 0 spiro atoms. The predicted molar refractivity (Wildman–Crippen MR) is 90.7 cm³/mol. The summed E-state index contributed by atoms with van der Waals surface area (Å²) in [6.45, 7) is 4.26. The Kier molecular flexibility index (Phi) is 3.23. The van der Waals surface area contributed by atoms with E-state index in [4.69, 9.17) is 9.47 Å². The van der Waals surface area contributed by atoms with E-state index >= 15 is 0 Å². The molecule has 122 valence electrons. The summed E-state index contributed by atoms with van der Waals surface area (Å²) in [7, 11) is 0. The van der Waals surface area contributed by atoms with Gasteiger partial charge in [-0.05, 0) is 49.2 Å². The topological polar surface area (TPSA) is 71.5 Å². The number of benzene rings is 2. The smallest absolute Gasteiger partial charge is 0.307 e. The Balaban J connectivity index is 1.97. The van der Waals surface area contributed by atoms with E-state index in [1.165, 1.54) is 0 Å². The number of carboxylic acid groups (broad SMARTS) is 1. The number of fused-ring (bicyclic) bond motifs is 2. The first-order valence-corrected chi connectivity index (χ1v) is 7.76. The van der Waals surface area contributed by atoms with E-state index in [2.05, 4.69) is 11.1 Å².